The molecule has 0 radical (unpaired) electrons. The number of nitrogens with zero attached hydrogens (tertiary/aromatic N) is 3. The molecule has 5 heteroatoms. The van der Waals surface area contributed by atoms with Crippen molar-refractivity contribution < 1.29 is 0 Å². The van der Waals surface area contributed by atoms with Crippen molar-refractivity contribution in [2.75, 3.05) is 7.05 Å². The Bertz CT molecular complexity index is 423. The molecule has 2 aromatic rings. The van der Waals surface area contributed by atoms with Gasteiger partial charge < -0.3 is 5.32 Å². The summed E-state index contributed by atoms with van der Waals surface area (Å²) in [6.07, 6.45) is 1.45. The van der Waals surface area contributed by atoms with Gasteiger partial charge in [0, 0.05) is 6.54 Å². The van der Waals surface area contributed by atoms with E-state index in [0.717, 1.165) is 17.8 Å². The van der Waals surface area contributed by atoms with Crippen LogP contribution in [0.5, 0.6) is 0 Å². The lowest BCUT2D eigenvalue weighted by Crippen LogP contribution is -2.08. The van der Waals surface area contributed by atoms with Gasteiger partial charge in [0.1, 0.15) is 11.8 Å². The molecule has 0 aromatic carbocycles. The Balaban J connectivity index is 2.61. The average molecular weight is 197 g/mol. The minimum Gasteiger partial charge on any atom is -0.314 e. The third-order valence-electron chi connectivity index (χ3n) is 1.84. The SMILES string of the molecule is CNCc1ccc2c(Cl)ncnn12. The summed E-state index contributed by atoms with van der Waals surface area (Å²) in [5.41, 5.74) is 1.91. The van der Waals surface area contributed by atoms with Gasteiger partial charge in [0.25, 0.3) is 0 Å². The van der Waals surface area contributed by atoms with E-state index in [0.29, 0.717) is 5.15 Å². The van der Waals surface area contributed by atoms with Crippen molar-refractivity contribution in [2.24, 2.45) is 0 Å². The van der Waals surface area contributed by atoms with Crippen LogP contribution in [0.25, 0.3) is 5.52 Å². The topological polar surface area (TPSA) is 42.2 Å². The van der Waals surface area contributed by atoms with Crippen LogP contribution in [0.15, 0.2) is 18.5 Å². The molecule has 0 aliphatic carbocycles. The Kier molecular flexibility index (Phi) is 2.16. The van der Waals surface area contributed by atoms with Gasteiger partial charge in [-0.25, -0.2) is 9.50 Å². The number of rotatable bonds is 2. The zero-order valence-electron chi connectivity index (χ0n) is 7.16. The first-order valence-corrected chi connectivity index (χ1v) is 4.32. The molecule has 0 spiro atoms. The molecule has 0 saturated heterocycles. The van der Waals surface area contributed by atoms with Crippen LogP contribution < -0.4 is 5.32 Å². The molecule has 1 N–H and O–H groups in total. The van der Waals surface area contributed by atoms with E-state index in [9.17, 15) is 0 Å². The van der Waals surface area contributed by atoms with Crippen LogP contribution >= 0.6 is 11.6 Å². The second kappa shape index (κ2) is 3.32. The Labute approximate surface area is 80.5 Å². The second-order valence-electron chi connectivity index (χ2n) is 2.70. The summed E-state index contributed by atoms with van der Waals surface area (Å²) < 4.78 is 1.78. The molecular formula is C8H9ClN4. The molecule has 13 heavy (non-hydrogen) atoms. The van der Waals surface area contributed by atoms with E-state index in [1.807, 2.05) is 19.2 Å². The van der Waals surface area contributed by atoms with Crippen LogP contribution in [-0.4, -0.2) is 21.6 Å². The molecule has 2 heterocycles. The third kappa shape index (κ3) is 1.38. The van der Waals surface area contributed by atoms with E-state index in [2.05, 4.69) is 15.4 Å². The van der Waals surface area contributed by atoms with E-state index in [-0.39, 0.29) is 0 Å². The quantitative estimate of drug-likeness (QED) is 0.782. The smallest absolute Gasteiger partial charge is 0.156 e. The van der Waals surface area contributed by atoms with Crippen LogP contribution in [0.2, 0.25) is 5.15 Å². The van der Waals surface area contributed by atoms with Crippen molar-refractivity contribution in [1.82, 2.24) is 19.9 Å². The van der Waals surface area contributed by atoms with E-state index < -0.39 is 0 Å². The lowest BCUT2D eigenvalue weighted by molar-refractivity contribution is 0.742. The van der Waals surface area contributed by atoms with E-state index in [4.69, 9.17) is 11.6 Å². The first-order valence-electron chi connectivity index (χ1n) is 3.94. The van der Waals surface area contributed by atoms with Crippen LogP contribution in [0.3, 0.4) is 0 Å². The highest BCUT2D eigenvalue weighted by atomic mass is 35.5. The zero-order chi connectivity index (χ0) is 9.26. The minimum atomic E-state index is 0.484. The maximum Gasteiger partial charge on any atom is 0.156 e. The highest BCUT2D eigenvalue weighted by Gasteiger charge is 2.04. The normalized spacial score (nSPS) is 10.9. The number of aromatic nitrogens is 3. The number of hydrogen-bond donors (Lipinski definition) is 1. The van der Waals surface area contributed by atoms with Gasteiger partial charge in [-0.15, -0.1) is 0 Å². The van der Waals surface area contributed by atoms with E-state index >= 15 is 0 Å². The van der Waals surface area contributed by atoms with Crippen LogP contribution in [0.4, 0.5) is 0 Å². The van der Waals surface area contributed by atoms with Gasteiger partial charge >= 0.3 is 0 Å². The van der Waals surface area contributed by atoms with E-state index in [1.54, 1.807) is 4.52 Å². The van der Waals surface area contributed by atoms with Crippen LogP contribution in [-0.2, 0) is 6.54 Å². The Morgan fingerprint density at radius 1 is 1.54 bits per heavy atom. The van der Waals surface area contributed by atoms with Crippen molar-refractivity contribution >= 4 is 17.1 Å². The van der Waals surface area contributed by atoms with Crippen molar-refractivity contribution in [2.45, 2.75) is 6.54 Å². The highest BCUT2D eigenvalue weighted by molar-refractivity contribution is 6.32. The Morgan fingerprint density at radius 2 is 2.38 bits per heavy atom. The van der Waals surface area contributed by atoms with Crippen molar-refractivity contribution in [3.05, 3.63) is 29.3 Å². The van der Waals surface area contributed by atoms with Gasteiger partial charge in [0.2, 0.25) is 0 Å². The largest absolute Gasteiger partial charge is 0.314 e. The average Bonchev–Trinajstić information content (AvgIpc) is 2.51. The summed E-state index contributed by atoms with van der Waals surface area (Å²) in [6, 6.07) is 3.89. The fraction of sp³-hybridized carbons (Fsp3) is 0.250. The number of fused-ring (bicyclic) bond motifs is 1. The minimum absolute atomic E-state index is 0.484. The highest BCUT2D eigenvalue weighted by Crippen LogP contribution is 2.15. The summed E-state index contributed by atoms with van der Waals surface area (Å²) in [6.45, 7) is 0.765. The molecule has 0 saturated carbocycles. The van der Waals surface area contributed by atoms with Crippen molar-refractivity contribution in [3.8, 4) is 0 Å². The van der Waals surface area contributed by atoms with E-state index in [1.165, 1.54) is 6.33 Å². The lowest BCUT2D eigenvalue weighted by atomic mass is 10.4. The number of hydrogen-bond acceptors (Lipinski definition) is 3. The second-order valence-corrected chi connectivity index (χ2v) is 3.06. The van der Waals surface area contributed by atoms with Gasteiger partial charge in [0.05, 0.1) is 5.69 Å². The zero-order valence-corrected chi connectivity index (χ0v) is 7.91. The van der Waals surface area contributed by atoms with Crippen LogP contribution in [0, 0.1) is 0 Å². The molecular weight excluding hydrogens is 188 g/mol. The fourth-order valence-electron chi connectivity index (χ4n) is 1.27. The fourth-order valence-corrected chi connectivity index (χ4v) is 1.46. The maximum absolute atomic E-state index is 5.88. The van der Waals surface area contributed by atoms with Gasteiger partial charge in [-0.1, -0.05) is 11.6 Å². The summed E-state index contributed by atoms with van der Waals surface area (Å²) in [5, 5.41) is 7.64. The molecule has 0 bridgehead atoms. The van der Waals surface area contributed by atoms with Gasteiger partial charge in [-0.3, -0.25) is 0 Å². The Morgan fingerprint density at radius 3 is 3.15 bits per heavy atom. The van der Waals surface area contributed by atoms with Crippen molar-refractivity contribution in [1.29, 1.82) is 0 Å². The monoisotopic (exact) mass is 196 g/mol. The molecule has 4 nitrogen and oxygen atoms in total. The molecule has 0 unspecified atom stereocenters. The third-order valence-corrected chi connectivity index (χ3v) is 2.13. The number of nitrogens with one attached hydrogen (secondary N) is 1. The Hall–Kier alpha value is -1.13. The molecule has 0 aliphatic rings. The molecule has 2 aromatic heterocycles. The molecule has 0 aliphatic heterocycles. The summed E-state index contributed by atoms with van der Waals surface area (Å²) in [7, 11) is 1.89. The molecule has 2 rings (SSSR count). The molecule has 0 fully saturated rings. The van der Waals surface area contributed by atoms with Gasteiger partial charge in [-0.2, -0.15) is 5.10 Å². The maximum atomic E-state index is 5.88. The predicted octanol–water partition coefficient (Wildman–Crippen LogP) is 1.10. The standard InChI is InChI=1S/C8H9ClN4/c1-10-4-6-2-3-7-8(9)11-5-12-13(6)7/h2-3,5,10H,4H2,1H3. The molecule has 0 amide bonds. The van der Waals surface area contributed by atoms with Crippen LogP contribution in [0.1, 0.15) is 5.69 Å². The summed E-state index contributed by atoms with van der Waals surface area (Å²) in [4.78, 5) is 3.89. The number of halogens is 1. The predicted molar refractivity (Wildman–Crippen MR) is 50.8 cm³/mol. The molecule has 68 valence electrons. The lowest BCUT2D eigenvalue weighted by Gasteiger charge is -2.00. The van der Waals surface area contributed by atoms with Crippen molar-refractivity contribution in [3.63, 3.8) is 0 Å². The first-order chi connectivity index (χ1) is 6.33. The van der Waals surface area contributed by atoms with Gasteiger partial charge in [-0.05, 0) is 19.2 Å². The first kappa shape index (κ1) is 8.47. The summed E-state index contributed by atoms with van der Waals surface area (Å²) >= 11 is 5.88. The molecule has 0 atom stereocenters. The van der Waals surface area contributed by atoms with Gasteiger partial charge in [0.15, 0.2) is 5.15 Å². The summed E-state index contributed by atoms with van der Waals surface area (Å²) in [5.74, 6) is 0.